The molecule has 0 bridgehead atoms. The molecule has 0 fully saturated rings. The molecule has 1 N–H and O–H groups in total. The van der Waals surface area contributed by atoms with Crippen LogP contribution in [0.1, 0.15) is 24.9 Å². The van der Waals surface area contributed by atoms with Crippen LogP contribution < -0.4 is 5.56 Å². The van der Waals surface area contributed by atoms with E-state index in [1.165, 1.54) is 30.5 Å². The number of aromatic nitrogens is 8. The van der Waals surface area contributed by atoms with Gasteiger partial charge in [0.15, 0.2) is 0 Å². The van der Waals surface area contributed by atoms with Gasteiger partial charge in [-0.15, -0.1) is 0 Å². The number of pyridine rings is 2. The third-order valence-electron chi connectivity index (χ3n) is 5.17. The van der Waals surface area contributed by atoms with Crippen LogP contribution in [0, 0.1) is 36.1 Å². The van der Waals surface area contributed by atoms with Crippen molar-refractivity contribution < 1.29 is 18.2 Å². The van der Waals surface area contributed by atoms with Crippen molar-refractivity contribution >= 4 is 74.1 Å². The number of H-pyrrole nitrogens is 1. The number of aromatic amines is 1. The van der Waals surface area contributed by atoms with Crippen LogP contribution in [0.5, 0.6) is 0 Å². The summed E-state index contributed by atoms with van der Waals surface area (Å²) >= 11 is 12.3. The molecule has 0 amide bonds. The average Bonchev–Trinajstić information content (AvgIpc) is 3.02. The van der Waals surface area contributed by atoms with Crippen LogP contribution >= 0.6 is 74.1 Å². The number of benzene rings is 1. The summed E-state index contributed by atoms with van der Waals surface area (Å²) in [6, 6.07) is 18.0. The molecule has 6 rings (SSSR count). The fourth-order valence-electron chi connectivity index (χ4n) is 3.29. The van der Waals surface area contributed by atoms with Crippen LogP contribution in [0.3, 0.4) is 0 Å². The van der Waals surface area contributed by atoms with Crippen molar-refractivity contribution in [2.24, 2.45) is 0 Å². The van der Waals surface area contributed by atoms with Gasteiger partial charge in [-0.3, -0.25) is 4.79 Å². The van der Waals surface area contributed by atoms with Crippen LogP contribution in [0.2, 0.25) is 5.15 Å². The maximum absolute atomic E-state index is 12.8. The van der Waals surface area contributed by atoms with Gasteiger partial charge in [0.25, 0.3) is 0 Å². The minimum absolute atomic E-state index is 0. The predicted octanol–water partition coefficient (Wildman–Crippen LogP) is 9.40. The van der Waals surface area contributed by atoms with Gasteiger partial charge >= 0.3 is 49.4 Å². The Balaban J connectivity index is 0.000000318. The first kappa shape index (κ1) is 43.5. The molecular formula is C32H30ClF2I3N8OV. The first-order chi connectivity index (χ1) is 22.5. The molecule has 9 nitrogen and oxygen atoms in total. The van der Waals surface area contributed by atoms with Gasteiger partial charge in [-0.2, -0.15) is 4.39 Å². The van der Waals surface area contributed by atoms with E-state index in [9.17, 15) is 13.6 Å². The summed E-state index contributed by atoms with van der Waals surface area (Å²) in [5.74, 6) is 1.40. The summed E-state index contributed by atoms with van der Waals surface area (Å²) in [5, 5.41) is 0.498. The molecule has 0 spiro atoms. The van der Waals surface area contributed by atoms with E-state index in [1.807, 2.05) is 19.1 Å². The van der Waals surface area contributed by atoms with Gasteiger partial charge in [0, 0.05) is 57.8 Å². The number of hydrogen-bond acceptors (Lipinski definition) is 8. The van der Waals surface area contributed by atoms with Gasteiger partial charge in [0.05, 0.1) is 11.4 Å². The van der Waals surface area contributed by atoms with Gasteiger partial charge in [0.2, 0.25) is 11.5 Å². The van der Waals surface area contributed by atoms with Gasteiger partial charge in [0.1, 0.15) is 28.4 Å². The molecule has 1 aromatic carbocycles. The quantitative estimate of drug-likeness (QED) is 0.104. The van der Waals surface area contributed by atoms with E-state index in [2.05, 4.69) is 102 Å². The van der Waals surface area contributed by atoms with E-state index >= 15 is 0 Å². The van der Waals surface area contributed by atoms with Gasteiger partial charge in [-0.1, -0.05) is 25.1 Å². The maximum atomic E-state index is 12.8. The molecule has 0 radical (unpaired) electrons. The van der Waals surface area contributed by atoms with E-state index in [4.69, 9.17) is 11.6 Å². The molecule has 0 saturated heterocycles. The fraction of sp³-hybridized carbons (Fsp3) is 0.125. The number of halogens is 6. The SMILES string of the molecule is C.Cc1nccc(-c2cc[nH]c(=O)c2)n1.Cc1nccc(-c2ccnc(F)c2)n1.Cc1nccc(Cl)n1.Fc1cccc(I)c1.[I][V][I]. The van der Waals surface area contributed by atoms with E-state index < -0.39 is 5.95 Å². The van der Waals surface area contributed by atoms with Crippen molar-refractivity contribution in [1.82, 2.24) is 39.9 Å². The second-order valence-corrected chi connectivity index (χ2v) is 22.1. The summed E-state index contributed by atoms with van der Waals surface area (Å²) in [6.45, 7) is 5.41. The Hall–Kier alpha value is -2.52. The minimum atomic E-state index is -0.501. The molecule has 48 heavy (non-hydrogen) atoms. The molecular weight excluding hydrogens is 1020 g/mol. The van der Waals surface area contributed by atoms with E-state index in [0.29, 0.717) is 43.3 Å². The third kappa shape index (κ3) is 18.3. The summed E-state index contributed by atoms with van der Waals surface area (Å²) in [5.41, 5.74) is 2.86. The second kappa shape index (κ2) is 24.6. The van der Waals surface area contributed by atoms with Crippen LogP contribution in [0.4, 0.5) is 8.78 Å². The Morgan fingerprint density at radius 1 is 0.708 bits per heavy atom. The number of hydrogen-bond donors (Lipinski definition) is 1. The topological polar surface area (TPSA) is 123 Å². The van der Waals surface area contributed by atoms with Crippen molar-refractivity contribution in [2.45, 2.75) is 28.2 Å². The van der Waals surface area contributed by atoms with Crippen LogP contribution in [0.25, 0.3) is 22.5 Å². The van der Waals surface area contributed by atoms with Gasteiger partial charge in [-0.25, -0.2) is 39.3 Å². The summed E-state index contributed by atoms with van der Waals surface area (Å²) in [4.78, 5) is 41.1. The summed E-state index contributed by atoms with van der Waals surface area (Å²) in [6.07, 6.45) is 7.98. The van der Waals surface area contributed by atoms with Crippen LogP contribution in [-0.4, -0.2) is 39.9 Å². The van der Waals surface area contributed by atoms with Crippen LogP contribution in [-0.2, 0) is 9.47 Å². The standard InChI is InChI=1S/C10H8FN3.C10H9N3O.C6H4FI.C5H5ClN2.CH4.2HI.V/c1-7-12-5-3-9(14-7)8-2-4-13-10(11)6-8;1-7-11-5-3-9(13-7)8-2-4-12-10(14)6-8;7-5-2-1-3-6(8)4-5;1-4-7-3-2-5(6)8-4;;;;/h2-6H,1H3;2-6H,1H3,(H,12,14);1-4H;2-3H,1H3;1H4;2*1H;/q;;;;;;;+2/p-2. The van der Waals surface area contributed by atoms with E-state index in [-0.39, 0.29) is 18.8 Å². The molecule has 0 aliphatic carbocycles. The molecule has 5 aromatic heterocycles. The molecule has 0 aliphatic rings. The number of nitrogens with zero attached hydrogens (tertiary/aromatic N) is 7. The molecule has 0 unspecified atom stereocenters. The van der Waals surface area contributed by atoms with Gasteiger partial charge in [-0.05, 0) is 91.9 Å². The first-order valence-corrected chi connectivity index (χ1v) is 23.7. The number of aryl methyl sites for hydroxylation is 3. The van der Waals surface area contributed by atoms with Crippen molar-refractivity contribution in [1.29, 1.82) is 0 Å². The Morgan fingerprint density at radius 2 is 1.23 bits per heavy atom. The van der Waals surface area contributed by atoms with Crippen molar-refractivity contribution in [3.63, 3.8) is 0 Å². The average molecular weight is 1050 g/mol. The Morgan fingerprint density at radius 3 is 1.65 bits per heavy atom. The zero-order valence-electron chi connectivity index (χ0n) is 25.0. The first-order valence-electron chi connectivity index (χ1n) is 13.2. The monoisotopic (exact) mass is 1050 g/mol. The van der Waals surface area contributed by atoms with Crippen molar-refractivity contribution in [3.05, 3.63) is 146 Å². The van der Waals surface area contributed by atoms with E-state index in [0.717, 1.165) is 14.8 Å². The Kier molecular flexibility index (Phi) is 22.3. The Bertz CT molecular complexity index is 1770. The molecule has 0 atom stereocenters. The summed E-state index contributed by atoms with van der Waals surface area (Å²) < 4.78 is 25.9. The number of rotatable bonds is 2. The summed E-state index contributed by atoms with van der Waals surface area (Å²) in [7, 11) is 0.628. The zero-order chi connectivity index (χ0) is 34.6. The second-order valence-electron chi connectivity index (χ2n) is 8.72. The fourth-order valence-corrected chi connectivity index (χ4v) is 3.97. The molecule has 0 saturated carbocycles. The molecule has 6 aromatic rings. The normalized spacial score (nSPS) is 9.27. The van der Waals surface area contributed by atoms with Gasteiger partial charge < -0.3 is 4.98 Å². The third-order valence-corrected chi connectivity index (χ3v) is 6.06. The van der Waals surface area contributed by atoms with Crippen molar-refractivity contribution in [2.75, 3.05) is 0 Å². The Labute approximate surface area is 325 Å². The molecule has 251 valence electrons. The van der Waals surface area contributed by atoms with E-state index in [1.54, 1.807) is 69.0 Å². The molecule has 16 heteroatoms. The van der Waals surface area contributed by atoms with Crippen molar-refractivity contribution in [3.8, 4) is 22.5 Å². The zero-order valence-corrected chi connectivity index (χ0v) is 33.6. The molecule has 0 aliphatic heterocycles. The van der Waals surface area contributed by atoms with Crippen LogP contribution in [0.15, 0.2) is 103 Å². The predicted molar refractivity (Wildman–Crippen MR) is 208 cm³/mol. The number of nitrogens with one attached hydrogen (secondary N) is 1. The molecule has 5 heterocycles.